The second-order valence-corrected chi connectivity index (χ2v) is 7.48. The molecule has 29 heavy (non-hydrogen) atoms. The fourth-order valence-electron chi connectivity index (χ4n) is 2.71. The predicted octanol–water partition coefficient (Wildman–Crippen LogP) is 4.46. The number of fused-ring (bicyclic) bond motifs is 1. The van der Waals surface area contributed by atoms with E-state index in [0.717, 1.165) is 12.3 Å². The fourth-order valence-corrected chi connectivity index (χ4v) is 3.97. The van der Waals surface area contributed by atoms with Crippen molar-refractivity contribution in [1.82, 2.24) is 13.9 Å². The van der Waals surface area contributed by atoms with E-state index < -0.39 is 17.6 Å². The van der Waals surface area contributed by atoms with E-state index in [0.29, 0.717) is 16.6 Å². The Kier molecular flexibility index (Phi) is 6.86. The van der Waals surface area contributed by atoms with Crippen molar-refractivity contribution in [1.29, 1.82) is 5.26 Å². The van der Waals surface area contributed by atoms with Crippen LogP contribution in [0.1, 0.15) is 18.9 Å². The lowest BCUT2D eigenvalue weighted by Gasteiger charge is -2.10. The minimum Gasteiger partial charge on any atom is -0.466 e. The summed E-state index contributed by atoms with van der Waals surface area (Å²) in [6.45, 7) is 2.06. The number of pyridine rings is 2. The summed E-state index contributed by atoms with van der Waals surface area (Å²) < 4.78 is 34.7. The molecule has 0 aliphatic heterocycles. The number of hydrogen-bond acceptors (Lipinski definition) is 7. The van der Waals surface area contributed by atoms with E-state index in [9.17, 15) is 18.8 Å². The molecule has 3 heterocycles. The normalized spacial score (nSPS) is 10.7. The van der Waals surface area contributed by atoms with Crippen LogP contribution in [0.15, 0.2) is 24.5 Å². The molecule has 11 heteroatoms. The largest absolute Gasteiger partial charge is 0.466 e. The van der Waals surface area contributed by atoms with E-state index in [1.54, 1.807) is 17.1 Å². The highest BCUT2D eigenvalue weighted by molar-refractivity contribution is 14.2. The molecule has 0 unspecified atom stereocenters. The standard InChI is InChI=1S/C18H14F2IN5O2S/c1-2-28-15(27)3-4-23-17-14(20)5-10(7-22)16(25-17)13-9-26(29-21)18-12(13)6-11(19)8-24-18/h5-6,8-9H,2-4H2,1H3,(H,23,25). The van der Waals surface area contributed by atoms with Crippen LogP contribution in [0.4, 0.5) is 14.6 Å². The first-order valence-corrected chi connectivity index (χ1v) is 11.8. The molecule has 3 aromatic rings. The molecule has 150 valence electrons. The molecule has 0 radical (unpaired) electrons. The molecule has 3 rings (SSSR count). The average Bonchev–Trinajstić information content (AvgIpc) is 3.06. The highest BCUT2D eigenvalue weighted by Gasteiger charge is 2.19. The van der Waals surface area contributed by atoms with Gasteiger partial charge in [0.25, 0.3) is 0 Å². The first-order chi connectivity index (χ1) is 14.0. The number of ether oxygens (including phenoxy) is 1. The summed E-state index contributed by atoms with van der Waals surface area (Å²) in [4.78, 5) is 19.8. The quantitative estimate of drug-likeness (QED) is 0.357. The van der Waals surface area contributed by atoms with Gasteiger partial charge in [0.2, 0.25) is 0 Å². The average molecular weight is 529 g/mol. The number of rotatable bonds is 7. The van der Waals surface area contributed by atoms with Crippen LogP contribution in [0.5, 0.6) is 0 Å². The van der Waals surface area contributed by atoms with Gasteiger partial charge in [-0.3, -0.25) is 8.77 Å². The van der Waals surface area contributed by atoms with Crippen molar-refractivity contribution in [3.05, 3.63) is 41.7 Å². The first kappa shape index (κ1) is 21.3. The zero-order valence-electron chi connectivity index (χ0n) is 15.1. The van der Waals surface area contributed by atoms with Gasteiger partial charge < -0.3 is 10.1 Å². The van der Waals surface area contributed by atoms with Crippen LogP contribution >= 0.6 is 30.3 Å². The third-order valence-corrected chi connectivity index (χ3v) is 5.63. The number of anilines is 1. The minimum atomic E-state index is -0.731. The van der Waals surface area contributed by atoms with Crippen LogP contribution in [-0.2, 0) is 9.53 Å². The summed E-state index contributed by atoms with van der Waals surface area (Å²) in [6, 6.07) is 4.27. The Labute approximate surface area is 181 Å². The molecular weight excluding hydrogens is 515 g/mol. The van der Waals surface area contributed by atoms with Gasteiger partial charge in [-0.25, -0.2) is 18.7 Å². The summed E-state index contributed by atoms with van der Waals surface area (Å²) in [6.07, 6.45) is 2.79. The summed E-state index contributed by atoms with van der Waals surface area (Å²) >= 11 is 2.05. The summed E-state index contributed by atoms with van der Waals surface area (Å²) in [5.74, 6) is -1.80. The Morgan fingerprint density at radius 2 is 2.24 bits per heavy atom. The van der Waals surface area contributed by atoms with Gasteiger partial charge in [0.1, 0.15) is 11.9 Å². The highest BCUT2D eigenvalue weighted by Crippen LogP contribution is 2.35. The number of esters is 1. The summed E-state index contributed by atoms with van der Waals surface area (Å²) in [7, 11) is 1.31. The Hall–Kier alpha value is -2.46. The van der Waals surface area contributed by atoms with Crippen molar-refractivity contribution in [2.75, 3.05) is 18.5 Å². The number of nitrogens with one attached hydrogen (secondary N) is 1. The fraction of sp³-hybridized carbons (Fsp3) is 0.222. The van der Waals surface area contributed by atoms with Crippen LogP contribution in [0.3, 0.4) is 0 Å². The van der Waals surface area contributed by atoms with E-state index >= 15 is 0 Å². The number of hydrogen-bond donors (Lipinski definition) is 1. The molecule has 0 bridgehead atoms. The molecule has 0 aliphatic carbocycles. The zero-order valence-corrected chi connectivity index (χ0v) is 18.1. The molecule has 0 aromatic carbocycles. The van der Waals surface area contributed by atoms with Crippen molar-refractivity contribution >= 4 is 53.1 Å². The Balaban J connectivity index is 2.03. The molecule has 7 nitrogen and oxygen atoms in total. The predicted molar refractivity (Wildman–Crippen MR) is 114 cm³/mol. The van der Waals surface area contributed by atoms with Crippen molar-refractivity contribution in [2.45, 2.75) is 13.3 Å². The van der Waals surface area contributed by atoms with Crippen LogP contribution in [-0.4, -0.2) is 33.1 Å². The van der Waals surface area contributed by atoms with Gasteiger partial charge in [0.05, 0.1) is 30.5 Å². The maximum Gasteiger partial charge on any atom is 0.307 e. The van der Waals surface area contributed by atoms with Crippen molar-refractivity contribution in [2.24, 2.45) is 0 Å². The molecule has 1 N–H and O–H groups in total. The number of nitrogens with zero attached hydrogens (tertiary/aromatic N) is 4. The van der Waals surface area contributed by atoms with Crippen LogP contribution in [0, 0.1) is 23.0 Å². The lowest BCUT2D eigenvalue weighted by atomic mass is 10.1. The van der Waals surface area contributed by atoms with E-state index in [-0.39, 0.29) is 36.6 Å². The maximum absolute atomic E-state index is 14.4. The van der Waals surface area contributed by atoms with Gasteiger partial charge in [-0.1, -0.05) is 0 Å². The topological polar surface area (TPSA) is 92.8 Å². The van der Waals surface area contributed by atoms with Gasteiger partial charge in [-0.05, 0) is 19.1 Å². The molecule has 0 aliphatic rings. The van der Waals surface area contributed by atoms with Gasteiger partial charge in [0, 0.05) is 54.0 Å². The molecular formula is C18H14F2IN5O2S. The third kappa shape index (κ3) is 4.59. The van der Waals surface area contributed by atoms with Crippen LogP contribution < -0.4 is 5.32 Å². The molecule has 0 saturated carbocycles. The Bertz CT molecular complexity index is 1120. The summed E-state index contributed by atoms with van der Waals surface area (Å²) in [5.41, 5.74) is 1.13. The second kappa shape index (κ2) is 9.36. The number of aromatic nitrogens is 3. The van der Waals surface area contributed by atoms with Gasteiger partial charge in [-0.15, -0.1) is 0 Å². The highest BCUT2D eigenvalue weighted by atomic mass is 127. The molecule has 0 amide bonds. The number of carbonyl (C=O) groups is 1. The van der Waals surface area contributed by atoms with E-state index in [4.69, 9.17) is 4.74 Å². The molecule has 0 spiro atoms. The molecule has 0 saturated heterocycles. The van der Waals surface area contributed by atoms with E-state index in [1.807, 2.05) is 27.3 Å². The Morgan fingerprint density at radius 3 is 2.93 bits per heavy atom. The van der Waals surface area contributed by atoms with Gasteiger partial charge >= 0.3 is 5.97 Å². The smallest absolute Gasteiger partial charge is 0.307 e. The van der Waals surface area contributed by atoms with E-state index in [1.165, 1.54) is 15.2 Å². The number of nitriles is 1. The van der Waals surface area contributed by atoms with Crippen molar-refractivity contribution < 1.29 is 18.3 Å². The first-order valence-electron chi connectivity index (χ1n) is 8.44. The van der Waals surface area contributed by atoms with Crippen molar-refractivity contribution in [3.63, 3.8) is 0 Å². The second-order valence-electron chi connectivity index (χ2n) is 5.77. The van der Waals surface area contributed by atoms with Crippen LogP contribution in [0.25, 0.3) is 22.3 Å². The molecule has 3 aromatic heterocycles. The Morgan fingerprint density at radius 1 is 1.45 bits per heavy atom. The van der Waals surface area contributed by atoms with E-state index in [2.05, 4.69) is 15.3 Å². The van der Waals surface area contributed by atoms with Crippen LogP contribution in [0.2, 0.25) is 0 Å². The van der Waals surface area contributed by atoms with Gasteiger partial charge in [-0.2, -0.15) is 5.26 Å². The summed E-state index contributed by atoms with van der Waals surface area (Å²) in [5, 5.41) is 12.6. The molecule has 0 atom stereocenters. The zero-order chi connectivity index (χ0) is 21.0. The minimum absolute atomic E-state index is 0.000196. The maximum atomic E-state index is 14.4. The SMILES string of the molecule is CCOC(=O)CCNc1nc(-c2cn(SI)c3ncc(F)cc23)c(C#N)cc1F. The third-order valence-electron chi connectivity index (χ3n) is 3.93. The lowest BCUT2D eigenvalue weighted by molar-refractivity contribution is -0.142. The molecule has 0 fully saturated rings. The van der Waals surface area contributed by atoms with Crippen molar-refractivity contribution in [3.8, 4) is 17.3 Å². The lowest BCUT2D eigenvalue weighted by Crippen LogP contribution is -2.13. The monoisotopic (exact) mass is 529 g/mol. The number of carbonyl (C=O) groups excluding carboxylic acids is 1. The van der Waals surface area contributed by atoms with Gasteiger partial charge in [0.15, 0.2) is 17.3 Å². The number of halogens is 3.